The zero-order valence-electron chi connectivity index (χ0n) is 13.0. The summed E-state index contributed by atoms with van der Waals surface area (Å²) in [4.78, 5) is 17.7. The third-order valence-electron chi connectivity index (χ3n) is 3.04. The minimum atomic E-state index is -3.18. The number of amides is 1. The Labute approximate surface area is 139 Å². The van der Waals surface area contributed by atoms with E-state index in [2.05, 4.69) is 15.0 Å². The molecule has 0 aliphatic carbocycles. The van der Waals surface area contributed by atoms with Crippen LogP contribution in [-0.4, -0.2) is 42.7 Å². The lowest BCUT2D eigenvalue weighted by Crippen LogP contribution is -2.35. The van der Waals surface area contributed by atoms with Gasteiger partial charge in [0.1, 0.15) is 0 Å². The number of thiophene rings is 1. The monoisotopic (exact) mass is 356 g/mol. The zero-order valence-corrected chi connectivity index (χ0v) is 14.7. The zero-order chi connectivity index (χ0) is 16.9. The Balaban J connectivity index is 1.83. The highest BCUT2D eigenvalue weighted by Gasteiger charge is 2.13. The summed E-state index contributed by atoms with van der Waals surface area (Å²) in [5.41, 5.74) is 0. The lowest BCUT2D eigenvalue weighted by molar-refractivity contribution is 0.0941. The molecule has 2 heterocycles. The van der Waals surface area contributed by atoms with E-state index in [4.69, 9.17) is 0 Å². The van der Waals surface area contributed by atoms with Gasteiger partial charge in [-0.3, -0.25) is 4.79 Å². The maximum Gasteiger partial charge on any atom is 0.261 e. The van der Waals surface area contributed by atoms with Gasteiger partial charge in [-0.25, -0.2) is 18.1 Å². The highest BCUT2D eigenvalue weighted by molar-refractivity contribution is 7.88. The van der Waals surface area contributed by atoms with Crippen LogP contribution in [0.3, 0.4) is 0 Å². The van der Waals surface area contributed by atoms with Gasteiger partial charge in [-0.15, -0.1) is 11.3 Å². The Morgan fingerprint density at radius 2 is 2.22 bits per heavy atom. The summed E-state index contributed by atoms with van der Waals surface area (Å²) in [6, 6.07) is 3.60. The van der Waals surface area contributed by atoms with E-state index in [0.717, 1.165) is 11.1 Å². The second-order valence-electron chi connectivity index (χ2n) is 5.32. The molecule has 9 heteroatoms. The van der Waals surface area contributed by atoms with Gasteiger partial charge in [0.05, 0.1) is 17.5 Å². The highest BCUT2D eigenvalue weighted by atomic mass is 32.2. The van der Waals surface area contributed by atoms with Crippen LogP contribution in [0.5, 0.6) is 0 Å². The van der Waals surface area contributed by atoms with E-state index in [1.807, 2.05) is 23.8 Å². The summed E-state index contributed by atoms with van der Waals surface area (Å²) < 4.78 is 26.4. The molecular weight excluding hydrogens is 336 g/mol. The van der Waals surface area contributed by atoms with Gasteiger partial charge in [0.2, 0.25) is 10.0 Å². The third-order valence-corrected chi connectivity index (χ3v) is 4.91. The Kier molecular flexibility index (Phi) is 5.91. The van der Waals surface area contributed by atoms with Crippen molar-refractivity contribution in [2.24, 2.45) is 0 Å². The smallest absolute Gasteiger partial charge is 0.261 e. The summed E-state index contributed by atoms with van der Waals surface area (Å²) in [6.45, 7) is 2.92. The van der Waals surface area contributed by atoms with Crippen molar-refractivity contribution < 1.29 is 13.2 Å². The largest absolute Gasteiger partial charge is 0.347 e. The SMILES string of the molecule is CC(Cn1ccnc1)NC(=O)c1ccc(CCNS(C)(=O)=O)s1. The number of hydrogen-bond acceptors (Lipinski definition) is 5. The molecule has 1 unspecified atom stereocenters. The van der Waals surface area contributed by atoms with Crippen LogP contribution in [0.4, 0.5) is 0 Å². The molecule has 0 bridgehead atoms. The molecule has 0 aliphatic rings. The Morgan fingerprint density at radius 1 is 1.43 bits per heavy atom. The van der Waals surface area contributed by atoms with Crippen LogP contribution in [-0.2, 0) is 23.0 Å². The maximum absolute atomic E-state index is 12.2. The fourth-order valence-corrected chi connectivity index (χ4v) is 3.43. The van der Waals surface area contributed by atoms with E-state index in [1.54, 1.807) is 18.6 Å². The standard InChI is InChI=1S/C14H20N4O3S2/c1-11(9-18-8-7-15-10-18)17-14(19)13-4-3-12(22-13)5-6-16-23(2,20)21/h3-4,7-8,10-11,16H,5-6,9H2,1-2H3,(H,17,19). The molecule has 2 N–H and O–H groups in total. The van der Waals surface area contributed by atoms with E-state index in [-0.39, 0.29) is 11.9 Å². The van der Waals surface area contributed by atoms with Crippen molar-refractivity contribution in [3.05, 3.63) is 40.6 Å². The molecule has 0 saturated carbocycles. The van der Waals surface area contributed by atoms with Gasteiger partial charge in [-0.1, -0.05) is 0 Å². The van der Waals surface area contributed by atoms with Crippen LogP contribution in [0.25, 0.3) is 0 Å². The molecule has 1 amide bonds. The molecule has 126 valence electrons. The summed E-state index contributed by atoms with van der Waals surface area (Å²) >= 11 is 1.38. The van der Waals surface area contributed by atoms with E-state index in [0.29, 0.717) is 24.4 Å². The van der Waals surface area contributed by atoms with Crippen LogP contribution >= 0.6 is 11.3 Å². The van der Waals surface area contributed by atoms with E-state index in [1.165, 1.54) is 11.3 Å². The summed E-state index contributed by atoms with van der Waals surface area (Å²) in [5, 5.41) is 2.94. The normalized spacial score (nSPS) is 13.0. The van der Waals surface area contributed by atoms with Crippen molar-refractivity contribution in [1.82, 2.24) is 19.6 Å². The second-order valence-corrected chi connectivity index (χ2v) is 8.32. The van der Waals surface area contributed by atoms with E-state index in [9.17, 15) is 13.2 Å². The van der Waals surface area contributed by atoms with Crippen molar-refractivity contribution in [2.45, 2.75) is 25.9 Å². The van der Waals surface area contributed by atoms with Crippen molar-refractivity contribution in [3.8, 4) is 0 Å². The average molecular weight is 356 g/mol. The first-order valence-corrected chi connectivity index (χ1v) is 9.84. The van der Waals surface area contributed by atoms with Gasteiger partial charge in [0, 0.05) is 36.4 Å². The summed E-state index contributed by atoms with van der Waals surface area (Å²) in [6.07, 6.45) is 6.95. The highest BCUT2D eigenvalue weighted by Crippen LogP contribution is 2.17. The molecule has 0 aromatic carbocycles. The molecule has 0 spiro atoms. The number of carbonyl (C=O) groups excluding carboxylic acids is 1. The number of imidazole rings is 1. The lowest BCUT2D eigenvalue weighted by Gasteiger charge is -2.13. The first-order valence-electron chi connectivity index (χ1n) is 7.13. The molecule has 1 atom stereocenters. The lowest BCUT2D eigenvalue weighted by atomic mass is 10.3. The topological polar surface area (TPSA) is 93.1 Å². The van der Waals surface area contributed by atoms with Crippen LogP contribution in [0.15, 0.2) is 30.9 Å². The first kappa shape index (κ1) is 17.6. The molecule has 0 radical (unpaired) electrons. The number of hydrogen-bond donors (Lipinski definition) is 2. The van der Waals surface area contributed by atoms with Crippen molar-refractivity contribution in [1.29, 1.82) is 0 Å². The Morgan fingerprint density at radius 3 is 2.87 bits per heavy atom. The molecule has 7 nitrogen and oxygen atoms in total. The van der Waals surface area contributed by atoms with E-state index >= 15 is 0 Å². The second kappa shape index (κ2) is 7.71. The van der Waals surface area contributed by atoms with Crippen LogP contribution in [0, 0.1) is 0 Å². The molecule has 2 aromatic rings. The fourth-order valence-electron chi connectivity index (χ4n) is 2.05. The molecule has 0 saturated heterocycles. The number of nitrogens with zero attached hydrogens (tertiary/aromatic N) is 2. The van der Waals surface area contributed by atoms with Gasteiger partial charge in [-0.2, -0.15) is 0 Å². The molecule has 23 heavy (non-hydrogen) atoms. The predicted molar refractivity (Wildman–Crippen MR) is 90.0 cm³/mol. The minimum absolute atomic E-state index is 0.0193. The van der Waals surface area contributed by atoms with Crippen molar-refractivity contribution >= 4 is 27.3 Å². The van der Waals surface area contributed by atoms with Crippen LogP contribution in [0.2, 0.25) is 0 Å². The molecule has 2 rings (SSSR count). The van der Waals surface area contributed by atoms with Crippen molar-refractivity contribution in [2.75, 3.05) is 12.8 Å². The van der Waals surface area contributed by atoms with Gasteiger partial charge in [0.25, 0.3) is 5.91 Å². The van der Waals surface area contributed by atoms with Crippen LogP contribution < -0.4 is 10.0 Å². The number of sulfonamides is 1. The molecular formula is C14H20N4O3S2. The van der Waals surface area contributed by atoms with Crippen LogP contribution in [0.1, 0.15) is 21.5 Å². The van der Waals surface area contributed by atoms with Gasteiger partial charge in [-0.05, 0) is 25.5 Å². The van der Waals surface area contributed by atoms with Gasteiger partial charge >= 0.3 is 0 Å². The summed E-state index contributed by atoms with van der Waals surface area (Å²) in [7, 11) is -3.18. The van der Waals surface area contributed by atoms with Gasteiger partial charge in [0.15, 0.2) is 0 Å². The minimum Gasteiger partial charge on any atom is -0.347 e. The third kappa shape index (κ3) is 6.12. The van der Waals surface area contributed by atoms with Crippen molar-refractivity contribution in [3.63, 3.8) is 0 Å². The summed E-state index contributed by atoms with van der Waals surface area (Å²) in [5.74, 6) is -0.120. The predicted octanol–water partition coefficient (Wildman–Crippen LogP) is 0.855. The number of rotatable bonds is 8. The molecule has 0 aliphatic heterocycles. The van der Waals surface area contributed by atoms with E-state index < -0.39 is 10.0 Å². The number of nitrogens with one attached hydrogen (secondary N) is 2. The fraction of sp³-hybridized carbons (Fsp3) is 0.429. The quantitative estimate of drug-likeness (QED) is 0.733. The van der Waals surface area contributed by atoms with Gasteiger partial charge < -0.3 is 9.88 Å². The molecule has 0 fully saturated rings. The molecule has 2 aromatic heterocycles. The number of carbonyl (C=O) groups is 1. The average Bonchev–Trinajstić information content (AvgIpc) is 3.08. The number of aromatic nitrogens is 2. The first-order chi connectivity index (χ1) is 10.8. The Hall–Kier alpha value is -1.71. The Bertz CT molecular complexity index is 738. The maximum atomic E-state index is 12.2.